The van der Waals surface area contributed by atoms with Gasteiger partial charge in [-0.05, 0) is 30.7 Å². The molecular formula is C12H11ClN2OS. The zero-order valence-corrected chi connectivity index (χ0v) is 10.7. The summed E-state index contributed by atoms with van der Waals surface area (Å²) in [5.41, 5.74) is 0.899. The molecule has 0 radical (unpaired) electrons. The normalized spacial score (nSPS) is 19.7. The third-order valence-electron chi connectivity index (χ3n) is 2.73. The molecule has 1 saturated heterocycles. The Hall–Kier alpha value is -1.00. The molecule has 0 bridgehead atoms. The molecule has 0 spiro atoms. The maximum atomic E-state index is 5.94. The standard InChI is InChI=1S/C12H11ClN2OS/c13-9-4-1-3-8(7-9)11-14-12(16-15-11)10-5-2-6-17-10/h1,3-4,7,10H,2,5-6H2/t10-/m1/s1. The molecule has 0 N–H and O–H groups in total. The van der Waals surface area contributed by atoms with Crippen LogP contribution in [0.15, 0.2) is 28.8 Å². The van der Waals surface area contributed by atoms with Crippen LogP contribution in [0.5, 0.6) is 0 Å². The number of halogens is 1. The van der Waals surface area contributed by atoms with Gasteiger partial charge in [-0.1, -0.05) is 28.9 Å². The summed E-state index contributed by atoms with van der Waals surface area (Å²) >= 11 is 7.82. The molecule has 0 aliphatic carbocycles. The maximum Gasteiger partial charge on any atom is 0.240 e. The largest absolute Gasteiger partial charge is 0.338 e. The van der Waals surface area contributed by atoms with E-state index >= 15 is 0 Å². The predicted molar refractivity (Wildman–Crippen MR) is 69.2 cm³/mol. The van der Waals surface area contributed by atoms with Gasteiger partial charge >= 0.3 is 0 Å². The summed E-state index contributed by atoms with van der Waals surface area (Å²) in [6.45, 7) is 0. The molecule has 1 aromatic heterocycles. The van der Waals surface area contributed by atoms with Gasteiger partial charge in [-0.3, -0.25) is 0 Å². The van der Waals surface area contributed by atoms with E-state index in [1.807, 2.05) is 36.0 Å². The molecule has 2 heterocycles. The van der Waals surface area contributed by atoms with Crippen LogP contribution in [0.2, 0.25) is 5.02 Å². The van der Waals surface area contributed by atoms with Gasteiger partial charge in [0, 0.05) is 10.6 Å². The van der Waals surface area contributed by atoms with Gasteiger partial charge in [-0.25, -0.2) is 0 Å². The van der Waals surface area contributed by atoms with E-state index < -0.39 is 0 Å². The molecule has 0 amide bonds. The van der Waals surface area contributed by atoms with Crippen LogP contribution in [0.3, 0.4) is 0 Å². The van der Waals surface area contributed by atoms with Crippen molar-refractivity contribution < 1.29 is 4.52 Å². The van der Waals surface area contributed by atoms with Crippen LogP contribution in [0, 0.1) is 0 Å². The molecule has 1 atom stereocenters. The van der Waals surface area contributed by atoms with Crippen molar-refractivity contribution in [2.24, 2.45) is 0 Å². The lowest BCUT2D eigenvalue weighted by atomic mass is 10.2. The highest BCUT2D eigenvalue weighted by Gasteiger charge is 2.23. The average molecular weight is 267 g/mol. The van der Waals surface area contributed by atoms with E-state index in [1.54, 1.807) is 0 Å². The number of nitrogens with zero attached hydrogens (tertiary/aromatic N) is 2. The SMILES string of the molecule is Clc1cccc(-c2noc([C@H]3CCCS3)n2)c1. The number of rotatable bonds is 2. The van der Waals surface area contributed by atoms with E-state index in [-0.39, 0.29) is 0 Å². The van der Waals surface area contributed by atoms with Gasteiger partial charge in [0.15, 0.2) is 0 Å². The highest BCUT2D eigenvalue weighted by Crippen LogP contribution is 2.39. The van der Waals surface area contributed by atoms with E-state index in [9.17, 15) is 0 Å². The fraction of sp³-hybridized carbons (Fsp3) is 0.333. The number of hydrogen-bond donors (Lipinski definition) is 0. The fourth-order valence-corrected chi connectivity index (χ4v) is 3.26. The summed E-state index contributed by atoms with van der Waals surface area (Å²) < 4.78 is 5.32. The van der Waals surface area contributed by atoms with Crippen LogP contribution in [-0.4, -0.2) is 15.9 Å². The minimum absolute atomic E-state index is 0.371. The lowest BCUT2D eigenvalue weighted by Gasteiger charge is -1.99. The maximum absolute atomic E-state index is 5.94. The number of benzene rings is 1. The summed E-state index contributed by atoms with van der Waals surface area (Å²) in [5, 5.41) is 5.07. The van der Waals surface area contributed by atoms with Gasteiger partial charge in [-0.15, -0.1) is 11.8 Å². The van der Waals surface area contributed by atoms with Gasteiger partial charge in [0.25, 0.3) is 0 Å². The smallest absolute Gasteiger partial charge is 0.240 e. The monoisotopic (exact) mass is 266 g/mol. The molecule has 1 aromatic carbocycles. The number of thioether (sulfide) groups is 1. The minimum Gasteiger partial charge on any atom is -0.338 e. The Morgan fingerprint density at radius 1 is 1.41 bits per heavy atom. The highest BCUT2D eigenvalue weighted by molar-refractivity contribution is 7.99. The van der Waals surface area contributed by atoms with Crippen LogP contribution in [0.1, 0.15) is 24.0 Å². The number of hydrogen-bond acceptors (Lipinski definition) is 4. The Bertz CT molecular complexity index is 523. The van der Waals surface area contributed by atoms with Crippen LogP contribution in [0.4, 0.5) is 0 Å². The molecule has 3 nitrogen and oxygen atoms in total. The average Bonchev–Trinajstić information content (AvgIpc) is 3.00. The molecule has 3 rings (SSSR count). The topological polar surface area (TPSA) is 38.9 Å². The Morgan fingerprint density at radius 2 is 2.35 bits per heavy atom. The summed E-state index contributed by atoms with van der Waals surface area (Å²) in [5.74, 6) is 2.54. The van der Waals surface area contributed by atoms with Crippen molar-refractivity contribution in [1.29, 1.82) is 0 Å². The van der Waals surface area contributed by atoms with Crippen molar-refractivity contribution in [2.45, 2.75) is 18.1 Å². The van der Waals surface area contributed by atoms with Gasteiger partial charge < -0.3 is 4.52 Å². The van der Waals surface area contributed by atoms with Crippen molar-refractivity contribution in [3.05, 3.63) is 35.2 Å². The Morgan fingerprint density at radius 3 is 3.12 bits per heavy atom. The van der Waals surface area contributed by atoms with E-state index in [2.05, 4.69) is 10.1 Å². The molecule has 2 aromatic rings. The molecule has 0 unspecified atom stereocenters. The quantitative estimate of drug-likeness (QED) is 0.825. The Kier molecular flexibility index (Phi) is 3.07. The van der Waals surface area contributed by atoms with Crippen molar-refractivity contribution in [2.75, 3.05) is 5.75 Å². The molecule has 88 valence electrons. The van der Waals surface area contributed by atoms with Gasteiger partial charge in [-0.2, -0.15) is 4.98 Å². The van der Waals surface area contributed by atoms with Crippen LogP contribution in [-0.2, 0) is 0 Å². The molecule has 1 aliphatic heterocycles. The summed E-state index contributed by atoms with van der Waals surface area (Å²) in [4.78, 5) is 4.45. The molecular weight excluding hydrogens is 256 g/mol. The second kappa shape index (κ2) is 4.70. The van der Waals surface area contributed by atoms with Crippen LogP contribution < -0.4 is 0 Å². The van der Waals surface area contributed by atoms with Crippen molar-refractivity contribution in [3.8, 4) is 11.4 Å². The van der Waals surface area contributed by atoms with Crippen molar-refractivity contribution in [1.82, 2.24) is 10.1 Å². The first kappa shape index (κ1) is 11.1. The van der Waals surface area contributed by atoms with Crippen molar-refractivity contribution in [3.63, 3.8) is 0 Å². The van der Waals surface area contributed by atoms with Crippen LogP contribution in [0.25, 0.3) is 11.4 Å². The van der Waals surface area contributed by atoms with E-state index in [0.29, 0.717) is 16.1 Å². The van der Waals surface area contributed by atoms with E-state index in [4.69, 9.17) is 16.1 Å². The highest BCUT2D eigenvalue weighted by atomic mass is 35.5. The first-order valence-electron chi connectivity index (χ1n) is 5.54. The molecule has 17 heavy (non-hydrogen) atoms. The van der Waals surface area contributed by atoms with Gasteiger partial charge in [0.2, 0.25) is 11.7 Å². The third-order valence-corrected chi connectivity index (χ3v) is 4.33. The second-order valence-corrected chi connectivity index (χ2v) is 5.72. The molecule has 0 saturated carbocycles. The van der Waals surface area contributed by atoms with Gasteiger partial charge in [0.1, 0.15) is 0 Å². The molecule has 5 heteroatoms. The second-order valence-electron chi connectivity index (χ2n) is 3.97. The molecule has 1 aliphatic rings. The Balaban J connectivity index is 1.89. The Labute approximate surface area is 109 Å². The zero-order valence-electron chi connectivity index (χ0n) is 9.10. The first-order valence-corrected chi connectivity index (χ1v) is 6.97. The third kappa shape index (κ3) is 2.33. The summed E-state index contributed by atoms with van der Waals surface area (Å²) in [6, 6.07) is 7.50. The lowest BCUT2D eigenvalue weighted by Crippen LogP contribution is -1.88. The molecule has 1 fully saturated rings. The lowest BCUT2D eigenvalue weighted by molar-refractivity contribution is 0.375. The summed E-state index contributed by atoms with van der Waals surface area (Å²) in [7, 11) is 0. The van der Waals surface area contributed by atoms with Gasteiger partial charge in [0.05, 0.1) is 5.25 Å². The summed E-state index contributed by atoms with van der Waals surface area (Å²) in [6.07, 6.45) is 2.35. The fourth-order valence-electron chi connectivity index (χ4n) is 1.88. The number of aromatic nitrogens is 2. The van der Waals surface area contributed by atoms with E-state index in [0.717, 1.165) is 17.9 Å². The minimum atomic E-state index is 0.371. The zero-order chi connectivity index (χ0) is 11.7. The van der Waals surface area contributed by atoms with E-state index in [1.165, 1.54) is 12.2 Å². The first-order chi connectivity index (χ1) is 8.33. The predicted octanol–water partition coefficient (Wildman–Crippen LogP) is 3.96. The van der Waals surface area contributed by atoms with Crippen molar-refractivity contribution >= 4 is 23.4 Å². The van der Waals surface area contributed by atoms with Crippen LogP contribution >= 0.6 is 23.4 Å².